The summed E-state index contributed by atoms with van der Waals surface area (Å²) in [6.45, 7) is 2.09. The molecular formula is C15H21N3O3. The first-order valence-electron chi connectivity index (χ1n) is 7.43. The molecule has 0 aliphatic carbocycles. The summed E-state index contributed by atoms with van der Waals surface area (Å²) in [6.07, 6.45) is 4.90. The Hall–Kier alpha value is -2.11. The highest BCUT2D eigenvalue weighted by atomic mass is 16.6. The number of nitro benzene ring substituents is 1. The minimum Gasteiger partial charge on any atom is -0.379 e. The Balaban J connectivity index is 1.83. The SMILES string of the molecule is O=C(CCNc1ccccc1[N+](=O)[O-])N1CCCCCC1. The van der Waals surface area contributed by atoms with Gasteiger partial charge in [-0.2, -0.15) is 0 Å². The molecule has 1 aliphatic heterocycles. The summed E-state index contributed by atoms with van der Waals surface area (Å²) in [7, 11) is 0. The van der Waals surface area contributed by atoms with Crippen molar-refractivity contribution in [3.63, 3.8) is 0 Å². The van der Waals surface area contributed by atoms with Crippen LogP contribution in [0.3, 0.4) is 0 Å². The zero-order valence-electron chi connectivity index (χ0n) is 12.1. The van der Waals surface area contributed by atoms with Crippen molar-refractivity contribution in [1.82, 2.24) is 4.90 Å². The molecule has 1 fully saturated rings. The first-order valence-corrected chi connectivity index (χ1v) is 7.43. The van der Waals surface area contributed by atoms with Crippen molar-refractivity contribution in [3.05, 3.63) is 34.4 Å². The fourth-order valence-electron chi connectivity index (χ4n) is 2.56. The Morgan fingerprint density at radius 1 is 1.19 bits per heavy atom. The third-order valence-electron chi connectivity index (χ3n) is 3.71. The number of amides is 1. The second-order valence-corrected chi connectivity index (χ2v) is 5.25. The van der Waals surface area contributed by atoms with Gasteiger partial charge in [0.1, 0.15) is 5.69 Å². The van der Waals surface area contributed by atoms with Crippen LogP contribution in [0.2, 0.25) is 0 Å². The van der Waals surface area contributed by atoms with Gasteiger partial charge in [0.2, 0.25) is 5.91 Å². The molecule has 1 saturated heterocycles. The van der Waals surface area contributed by atoms with E-state index in [4.69, 9.17) is 0 Å². The molecule has 114 valence electrons. The fourth-order valence-corrected chi connectivity index (χ4v) is 2.56. The predicted octanol–water partition coefficient (Wildman–Crippen LogP) is 2.80. The molecule has 0 spiro atoms. The van der Waals surface area contributed by atoms with Crippen molar-refractivity contribution >= 4 is 17.3 Å². The van der Waals surface area contributed by atoms with Gasteiger partial charge in [0.25, 0.3) is 5.69 Å². The molecule has 6 heteroatoms. The summed E-state index contributed by atoms with van der Waals surface area (Å²) in [6, 6.07) is 6.49. The van der Waals surface area contributed by atoms with Crippen LogP contribution in [0.5, 0.6) is 0 Å². The van der Waals surface area contributed by atoms with E-state index in [0.29, 0.717) is 18.7 Å². The van der Waals surface area contributed by atoms with E-state index >= 15 is 0 Å². The maximum atomic E-state index is 12.1. The fraction of sp³-hybridized carbons (Fsp3) is 0.533. The number of nitrogens with zero attached hydrogens (tertiary/aromatic N) is 2. The Morgan fingerprint density at radius 3 is 2.52 bits per heavy atom. The quantitative estimate of drug-likeness (QED) is 0.668. The number of benzene rings is 1. The third kappa shape index (κ3) is 4.44. The number of nitrogens with one attached hydrogen (secondary N) is 1. The monoisotopic (exact) mass is 291 g/mol. The Bertz CT molecular complexity index is 497. The lowest BCUT2D eigenvalue weighted by Gasteiger charge is -2.20. The van der Waals surface area contributed by atoms with Gasteiger partial charge in [-0.1, -0.05) is 25.0 Å². The average molecular weight is 291 g/mol. The molecule has 2 rings (SSSR count). The Morgan fingerprint density at radius 2 is 1.86 bits per heavy atom. The van der Waals surface area contributed by atoms with Crippen LogP contribution < -0.4 is 5.32 Å². The lowest BCUT2D eigenvalue weighted by atomic mass is 10.2. The zero-order chi connectivity index (χ0) is 15.1. The number of nitro groups is 1. The highest BCUT2D eigenvalue weighted by Crippen LogP contribution is 2.23. The minimum absolute atomic E-state index is 0.0414. The molecule has 6 nitrogen and oxygen atoms in total. The van der Waals surface area contributed by atoms with E-state index in [1.165, 1.54) is 18.9 Å². The van der Waals surface area contributed by atoms with Gasteiger partial charge in [-0.25, -0.2) is 0 Å². The number of para-hydroxylation sites is 2. The largest absolute Gasteiger partial charge is 0.379 e. The van der Waals surface area contributed by atoms with Gasteiger partial charge >= 0.3 is 0 Å². The molecule has 0 unspecified atom stereocenters. The van der Waals surface area contributed by atoms with Gasteiger partial charge < -0.3 is 10.2 Å². The second kappa shape index (κ2) is 7.61. The average Bonchev–Trinajstić information content (AvgIpc) is 2.76. The molecule has 0 bridgehead atoms. The second-order valence-electron chi connectivity index (χ2n) is 5.25. The van der Waals surface area contributed by atoms with Gasteiger partial charge in [-0.05, 0) is 18.9 Å². The summed E-state index contributed by atoms with van der Waals surface area (Å²) in [5.41, 5.74) is 0.505. The normalized spacial score (nSPS) is 15.3. The molecule has 0 radical (unpaired) electrons. The third-order valence-corrected chi connectivity index (χ3v) is 3.71. The molecule has 21 heavy (non-hydrogen) atoms. The smallest absolute Gasteiger partial charge is 0.292 e. The number of likely N-dealkylation sites (tertiary alicyclic amines) is 1. The van der Waals surface area contributed by atoms with Crippen molar-refractivity contribution in [1.29, 1.82) is 0 Å². The van der Waals surface area contributed by atoms with Gasteiger partial charge in [0.05, 0.1) is 4.92 Å². The number of anilines is 1. The molecule has 1 heterocycles. The van der Waals surface area contributed by atoms with Crippen molar-refractivity contribution < 1.29 is 9.72 Å². The highest BCUT2D eigenvalue weighted by molar-refractivity contribution is 5.77. The van der Waals surface area contributed by atoms with Gasteiger partial charge in [0, 0.05) is 32.1 Å². The van der Waals surface area contributed by atoms with Crippen LogP contribution in [0, 0.1) is 10.1 Å². The Kier molecular flexibility index (Phi) is 5.54. The standard InChI is InChI=1S/C15H21N3O3/c19-15(17-11-5-1-2-6-12-17)9-10-16-13-7-3-4-8-14(13)18(20)21/h3-4,7-8,16H,1-2,5-6,9-12H2. The van der Waals surface area contributed by atoms with Crippen molar-refractivity contribution in [2.45, 2.75) is 32.1 Å². The topological polar surface area (TPSA) is 75.5 Å². The predicted molar refractivity (Wildman–Crippen MR) is 81.3 cm³/mol. The first kappa shape index (κ1) is 15.3. The van der Waals surface area contributed by atoms with E-state index in [9.17, 15) is 14.9 Å². The summed E-state index contributed by atoms with van der Waals surface area (Å²) in [4.78, 5) is 24.5. The lowest BCUT2D eigenvalue weighted by molar-refractivity contribution is -0.384. The number of carbonyl (C=O) groups is 1. The van der Waals surface area contributed by atoms with Gasteiger partial charge in [0.15, 0.2) is 0 Å². The summed E-state index contributed by atoms with van der Waals surface area (Å²) < 4.78 is 0. The van der Waals surface area contributed by atoms with E-state index in [-0.39, 0.29) is 11.6 Å². The van der Waals surface area contributed by atoms with Gasteiger partial charge in [-0.3, -0.25) is 14.9 Å². The first-order chi connectivity index (χ1) is 10.2. The van der Waals surface area contributed by atoms with Gasteiger partial charge in [-0.15, -0.1) is 0 Å². The van der Waals surface area contributed by atoms with E-state index in [1.807, 2.05) is 4.90 Å². The molecule has 0 saturated carbocycles. The van der Waals surface area contributed by atoms with Crippen molar-refractivity contribution in [3.8, 4) is 0 Å². The number of carbonyl (C=O) groups excluding carboxylic acids is 1. The van der Waals surface area contributed by atoms with Crippen LogP contribution in [0.15, 0.2) is 24.3 Å². The number of rotatable bonds is 5. The van der Waals surface area contributed by atoms with Crippen LogP contribution >= 0.6 is 0 Å². The molecule has 1 aromatic carbocycles. The van der Waals surface area contributed by atoms with Crippen LogP contribution in [0.4, 0.5) is 11.4 Å². The molecule has 1 aliphatic rings. The van der Waals surface area contributed by atoms with E-state index in [1.54, 1.807) is 18.2 Å². The molecule has 1 N–H and O–H groups in total. The van der Waals surface area contributed by atoms with E-state index in [0.717, 1.165) is 25.9 Å². The van der Waals surface area contributed by atoms with Crippen molar-refractivity contribution in [2.75, 3.05) is 25.0 Å². The van der Waals surface area contributed by atoms with Crippen molar-refractivity contribution in [2.24, 2.45) is 0 Å². The number of hydrogen-bond donors (Lipinski definition) is 1. The number of hydrogen-bond acceptors (Lipinski definition) is 4. The summed E-state index contributed by atoms with van der Waals surface area (Å²) in [5, 5.41) is 13.9. The maximum Gasteiger partial charge on any atom is 0.292 e. The van der Waals surface area contributed by atoms with E-state index in [2.05, 4.69) is 5.32 Å². The molecule has 1 amide bonds. The summed E-state index contributed by atoms with van der Waals surface area (Å²) in [5.74, 6) is 0.128. The van der Waals surface area contributed by atoms with Crippen LogP contribution in [0.25, 0.3) is 0 Å². The van der Waals surface area contributed by atoms with E-state index < -0.39 is 4.92 Å². The van der Waals surface area contributed by atoms with Crippen LogP contribution in [-0.4, -0.2) is 35.4 Å². The molecule has 0 aromatic heterocycles. The van der Waals surface area contributed by atoms with Crippen LogP contribution in [-0.2, 0) is 4.79 Å². The Labute approximate surface area is 124 Å². The highest BCUT2D eigenvalue weighted by Gasteiger charge is 2.16. The lowest BCUT2D eigenvalue weighted by Crippen LogP contribution is -2.32. The molecule has 1 aromatic rings. The maximum absolute atomic E-state index is 12.1. The van der Waals surface area contributed by atoms with Crippen LogP contribution in [0.1, 0.15) is 32.1 Å². The molecular weight excluding hydrogens is 270 g/mol. The zero-order valence-corrected chi connectivity index (χ0v) is 12.1. The minimum atomic E-state index is -0.418. The summed E-state index contributed by atoms with van der Waals surface area (Å²) >= 11 is 0. The molecule has 0 atom stereocenters.